The number of hydrogen-bond acceptors (Lipinski definition) is 3. The zero-order valence-corrected chi connectivity index (χ0v) is 11.0. The van der Waals surface area contributed by atoms with Gasteiger partial charge in [0.1, 0.15) is 11.6 Å². The van der Waals surface area contributed by atoms with Crippen LogP contribution in [-0.4, -0.2) is 12.5 Å². The average Bonchev–Trinajstić information content (AvgIpc) is 2.41. The first-order valence-electron chi connectivity index (χ1n) is 6.09. The summed E-state index contributed by atoms with van der Waals surface area (Å²) in [4.78, 5) is 11.7. The second kappa shape index (κ2) is 6.06. The maximum atomic E-state index is 13.6. The van der Waals surface area contributed by atoms with Gasteiger partial charge in [0, 0.05) is 11.8 Å². The van der Waals surface area contributed by atoms with Crippen molar-refractivity contribution in [1.82, 2.24) is 0 Å². The van der Waals surface area contributed by atoms with E-state index in [1.54, 1.807) is 43.3 Å². The number of benzene rings is 2. The minimum absolute atomic E-state index is 0.175. The number of ether oxygens (including phenoxy) is 1. The van der Waals surface area contributed by atoms with Crippen molar-refractivity contribution in [3.8, 4) is 5.75 Å². The van der Waals surface area contributed by atoms with Gasteiger partial charge in [0.05, 0.1) is 5.69 Å². The normalized spacial score (nSPS) is 10.1. The van der Waals surface area contributed by atoms with Crippen molar-refractivity contribution >= 4 is 17.3 Å². The molecule has 0 aliphatic rings. The van der Waals surface area contributed by atoms with Crippen LogP contribution >= 0.6 is 0 Å². The largest absolute Gasteiger partial charge is 0.484 e. The minimum atomic E-state index is -0.470. The van der Waals surface area contributed by atoms with E-state index in [1.165, 1.54) is 6.07 Å². The Morgan fingerprint density at radius 2 is 2.05 bits per heavy atom. The van der Waals surface area contributed by atoms with Crippen molar-refractivity contribution in [2.45, 2.75) is 6.92 Å². The Hall–Kier alpha value is -2.56. The van der Waals surface area contributed by atoms with Gasteiger partial charge in [0.15, 0.2) is 6.61 Å². The number of amides is 1. The first kappa shape index (κ1) is 13.9. The standard InChI is InChI=1S/C15H15FN2O2/c1-10-4-2-7-13(16)15(10)18-14(19)9-20-12-6-3-5-11(17)8-12/h2-8H,9,17H2,1H3,(H,18,19). The fourth-order valence-corrected chi connectivity index (χ4v) is 1.72. The third-order valence-electron chi connectivity index (χ3n) is 2.71. The topological polar surface area (TPSA) is 64.3 Å². The maximum absolute atomic E-state index is 13.6. The van der Waals surface area contributed by atoms with Crippen LogP contribution in [0.3, 0.4) is 0 Å². The van der Waals surface area contributed by atoms with Gasteiger partial charge in [-0.25, -0.2) is 4.39 Å². The van der Waals surface area contributed by atoms with Crippen LogP contribution in [0.5, 0.6) is 5.75 Å². The van der Waals surface area contributed by atoms with Crippen molar-refractivity contribution in [3.05, 3.63) is 53.8 Å². The van der Waals surface area contributed by atoms with Gasteiger partial charge in [-0.15, -0.1) is 0 Å². The molecule has 2 aromatic rings. The molecule has 0 aliphatic heterocycles. The molecule has 0 radical (unpaired) electrons. The lowest BCUT2D eigenvalue weighted by atomic mass is 10.2. The van der Waals surface area contributed by atoms with E-state index in [-0.39, 0.29) is 12.3 Å². The highest BCUT2D eigenvalue weighted by atomic mass is 19.1. The summed E-state index contributed by atoms with van der Waals surface area (Å²) in [7, 11) is 0. The highest BCUT2D eigenvalue weighted by molar-refractivity contribution is 5.92. The lowest BCUT2D eigenvalue weighted by Crippen LogP contribution is -2.21. The monoisotopic (exact) mass is 274 g/mol. The Morgan fingerprint density at radius 1 is 1.30 bits per heavy atom. The summed E-state index contributed by atoms with van der Waals surface area (Å²) in [6, 6.07) is 11.3. The van der Waals surface area contributed by atoms with E-state index < -0.39 is 11.7 Å². The molecule has 4 nitrogen and oxygen atoms in total. The Kier molecular flexibility index (Phi) is 4.20. The predicted octanol–water partition coefficient (Wildman–Crippen LogP) is 2.73. The predicted molar refractivity (Wildman–Crippen MR) is 76.1 cm³/mol. The van der Waals surface area contributed by atoms with E-state index in [0.717, 1.165) is 0 Å². The summed E-state index contributed by atoms with van der Waals surface area (Å²) in [6.07, 6.45) is 0. The van der Waals surface area contributed by atoms with Gasteiger partial charge in [-0.05, 0) is 30.7 Å². The second-order valence-corrected chi connectivity index (χ2v) is 4.34. The molecule has 0 fully saturated rings. The van der Waals surface area contributed by atoms with Gasteiger partial charge in [0.25, 0.3) is 5.91 Å². The Morgan fingerprint density at radius 3 is 2.75 bits per heavy atom. The smallest absolute Gasteiger partial charge is 0.262 e. The first-order valence-corrected chi connectivity index (χ1v) is 6.09. The number of rotatable bonds is 4. The van der Waals surface area contributed by atoms with Gasteiger partial charge in [0.2, 0.25) is 0 Å². The Bertz CT molecular complexity index is 609. The molecule has 0 saturated carbocycles. The summed E-state index contributed by atoms with van der Waals surface area (Å²) in [6.45, 7) is 1.51. The van der Waals surface area contributed by atoms with E-state index in [4.69, 9.17) is 10.5 Å². The molecular formula is C15H15FN2O2. The van der Waals surface area contributed by atoms with Gasteiger partial charge < -0.3 is 15.8 Å². The number of para-hydroxylation sites is 1. The average molecular weight is 274 g/mol. The molecule has 5 heteroatoms. The van der Waals surface area contributed by atoms with E-state index in [1.807, 2.05) is 0 Å². The summed E-state index contributed by atoms with van der Waals surface area (Å²) in [5, 5.41) is 2.49. The molecule has 2 aromatic carbocycles. The number of nitrogen functional groups attached to an aromatic ring is 1. The van der Waals surface area contributed by atoms with Crippen molar-refractivity contribution in [1.29, 1.82) is 0 Å². The van der Waals surface area contributed by atoms with Gasteiger partial charge in [-0.3, -0.25) is 4.79 Å². The molecule has 0 aliphatic carbocycles. The fourth-order valence-electron chi connectivity index (χ4n) is 1.72. The molecule has 0 heterocycles. The number of halogens is 1. The number of aryl methyl sites for hydroxylation is 1. The minimum Gasteiger partial charge on any atom is -0.484 e. The number of nitrogens with two attached hydrogens (primary N) is 1. The molecule has 104 valence electrons. The zero-order chi connectivity index (χ0) is 14.5. The number of carbonyl (C=O) groups excluding carboxylic acids is 1. The van der Waals surface area contributed by atoms with Gasteiger partial charge in [-0.2, -0.15) is 0 Å². The highest BCUT2D eigenvalue weighted by Crippen LogP contribution is 2.19. The number of nitrogens with one attached hydrogen (secondary N) is 1. The van der Waals surface area contributed by atoms with E-state index in [2.05, 4.69) is 5.32 Å². The van der Waals surface area contributed by atoms with Crippen molar-refractivity contribution in [3.63, 3.8) is 0 Å². The van der Waals surface area contributed by atoms with Crippen LogP contribution in [0.2, 0.25) is 0 Å². The molecule has 0 atom stereocenters. The number of anilines is 2. The molecule has 3 N–H and O–H groups in total. The summed E-state index contributed by atoms with van der Waals surface area (Å²) in [5.41, 5.74) is 6.98. The molecule has 0 spiro atoms. The second-order valence-electron chi connectivity index (χ2n) is 4.34. The third kappa shape index (κ3) is 3.47. The molecule has 0 unspecified atom stereocenters. The molecule has 20 heavy (non-hydrogen) atoms. The maximum Gasteiger partial charge on any atom is 0.262 e. The molecule has 0 saturated heterocycles. The molecule has 2 rings (SSSR count). The summed E-state index contributed by atoms with van der Waals surface area (Å²) < 4.78 is 18.8. The fraction of sp³-hybridized carbons (Fsp3) is 0.133. The quantitative estimate of drug-likeness (QED) is 0.842. The third-order valence-corrected chi connectivity index (χ3v) is 2.71. The molecule has 1 amide bonds. The van der Waals surface area contributed by atoms with Crippen molar-refractivity contribution in [2.24, 2.45) is 0 Å². The molecule has 0 aromatic heterocycles. The lowest BCUT2D eigenvalue weighted by molar-refractivity contribution is -0.118. The SMILES string of the molecule is Cc1cccc(F)c1NC(=O)COc1cccc(N)c1. The van der Waals surface area contributed by atoms with Crippen LogP contribution in [0.15, 0.2) is 42.5 Å². The summed E-state index contributed by atoms with van der Waals surface area (Å²) >= 11 is 0. The van der Waals surface area contributed by atoms with Crippen molar-refractivity contribution < 1.29 is 13.9 Å². The number of carbonyl (C=O) groups is 1. The van der Waals surface area contributed by atoms with E-state index in [9.17, 15) is 9.18 Å². The van der Waals surface area contributed by atoms with E-state index in [0.29, 0.717) is 17.0 Å². The number of hydrogen-bond donors (Lipinski definition) is 2. The van der Waals surface area contributed by atoms with Crippen LogP contribution in [0.4, 0.5) is 15.8 Å². The van der Waals surface area contributed by atoms with Crippen LogP contribution in [-0.2, 0) is 4.79 Å². The highest BCUT2D eigenvalue weighted by Gasteiger charge is 2.10. The van der Waals surface area contributed by atoms with Gasteiger partial charge >= 0.3 is 0 Å². The first-order chi connectivity index (χ1) is 9.56. The van der Waals surface area contributed by atoms with E-state index >= 15 is 0 Å². The van der Waals surface area contributed by atoms with Crippen LogP contribution in [0, 0.1) is 12.7 Å². The molecular weight excluding hydrogens is 259 g/mol. The van der Waals surface area contributed by atoms with Crippen LogP contribution in [0.1, 0.15) is 5.56 Å². The molecule has 0 bridgehead atoms. The Balaban J connectivity index is 1.96. The van der Waals surface area contributed by atoms with Crippen LogP contribution < -0.4 is 15.8 Å². The van der Waals surface area contributed by atoms with Crippen molar-refractivity contribution in [2.75, 3.05) is 17.7 Å². The lowest BCUT2D eigenvalue weighted by Gasteiger charge is -2.10. The Labute approximate surface area is 116 Å². The van der Waals surface area contributed by atoms with Gasteiger partial charge in [-0.1, -0.05) is 18.2 Å². The van der Waals surface area contributed by atoms with Crippen LogP contribution in [0.25, 0.3) is 0 Å². The zero-order valence-electron chi connectivity index (χ0n) is 11.0. The summed E-state index contributed by atoms with van der Waals surface area (Å²) in [5.74, 6) is -0.409.